The lowest BCUT2D eigenvalue weighted by Gasteiger charge is -2.30. The standard InChI is InChI=1S/C18H21ClN2O2/c19-16-5-6-18(21-7-9-23-10-8-21)17(11-16)20-12-14-1-3-15(13-22)4-2-14/h1-6,11,20,22H,7-10,12-13H2. The second-order valence-electron chi connectivity index (χ2n) is 5.59. The van der Waals surface area contributed by atoms with E-state index < -0.39 is 0 Å². The quantitative estimate of drug-likeness (QED) is 0.882. The average molecular weight is 333 g/mol. The van der Waals surface area contributed by atoms with Gasteiger partial charge in [-0.2, -0.15) is 0 Å². The van der Waals surface area contributed by atoms with Gasteiger partial charge in [0.1, 0.15) is 0 Å². The molecule has 0 atom stereocenters. The smallest absolute Gasteiger partial charge is 0.0681 e. The Morgan fingerprint density at radius 1 is 1.04 bits per heavy atom. The molecule has 4 nitrogen and oxygen atoms in total. The minimum absolute atomic E-state index is 0.0726. The Morgan fingerprint density at radius 3 is 2.43 bits per heavy atom. The third kappa shape index (κ3) is 4.16. The third-order valence-electron chi connectivity index (χ3n) is 4.00. The van der Waals surface area contributed by atoms with E-state index in [-0.39, 0.29) is 6.61 Å². The predicted molar refractivity (Wildman–Crippen MR) is 94.2 cm³/mol. The fourth-order valence-electron chi connectivity index (χ4n) is 2.69. The molecule has 0 aliphatic carbocycles. The number of rotatable bonds is 5. The lowest BCUT2D eigenvalue weighted by molar-refractivity contribution is 0.123. The Hall–Kier alpha value is -1.75. The normalized spacial score (nSPS) is 14.8. The molecule has 0 unspecified atom stereocenters. The minimum atomic E-state index is 0.0726. The van der Waals surface area contributed by atoms with Gasteiger partial charge >= 0.3 is 0 Å². The summed E-state index contributed by atoms with van der Waals surface area (Å²) in [6, 6.07) is 13.9. The van der Waals surface area contributed by atoms with Crippen molar-refractivity contribution in [2.45, 2.75) is 13.2 Å². The summed E-state index contributed by atoms with van der Waals surface area (Å²) < 4.78 is 5.43. The molecule has 2 aromatic carbocycles. The van der Waals surface area contributed by atoms with Gasteiger partial charge in [-0.3, -0.25) is 0 Å². The lowest BCUT2D eigenvalue weighted by Crippen LogP contribution is -2.36. The van der Waals surface area contributed by atoms with Crippen molar-refractivity contribution >= 4 is 23.0 Å². The number of hydrogen-bond donors (Lipinski definition) is 2. The third-order valence-corrected chi connectivity index (χ3v) is 4.23. The van der Waals surface area contributed by atoms with Crippen LogP contribution in [-0.4, -0.2) is 31.4 Å². The first-order valence-electron chi connectivity index (χ1n) is 7.81. The van der Waals surface area contributed by atoms with Crippen LogP contribution in [0.3, 0.4) is 0 Å². The van der Waals surface area contributed by atoms with Crippen LogP contribution < -0.4 is 10.2 Å². The molecule has 0 aromatic heterocycles. The van der Waals surface area contributed by atoms with E-state index in [1.807, 2.05) is 36.4 Å². The lowest BCUT2D eigenvalue weighted by atomic mass is 10.1. The number of ether oxygens (including phenoxy) is 1. The van der Waals surface area contributed by atoms with E-state index in [1.54, 1.807) is 0 Å². The highest BCUT2D eigenvalue weighted by atomic mass is 35.5. The summed E-state index contributed by atoms with van der Waals surface area (Å²) in [5.41, 5.74) is 4.27. The van der Waals surface area contributed by atoms with Crippen molar-refractivity contribution in [2.75, 3.05) is 36.5 Å². The SMILES string of the molecule is OCc1ccc(CNc2cc(Cl)ccc2N2CCOCC2)cc1. The molecule has 0 saturated carbocycles. The van der Waals surface area contributed by atoms with Gasteiger partial charge in [0, 0.05) is 24.7 Å². The fourth-order valence-corrected chi connectivity index (χ4v) is 2.86. The summed E-state index contributed by atoms with van der Waals surface area (Å²) in [6.07, 6.45) is 0. The Morgan fingerprint density at radius 2 is 1.74 bits per heavy atom. The molecule has 0 amide bonds. The van der Waals surface area contributed by atoms with Gasteiger partial charge in [-0.15, -0.1) is 0 Å². The maximum absolute atomic E-state index is 9.10. The van der Waals surface area contributed by atoms with Crippen LogP contribution in [-0.2, 0) is 17.9 Å². The Kier molecular flexibility index (Phi) is 5.39. The van der Waals surface area contributed by atoms with Gasteiger partial charge in [0.05, 0.1) is 31.2 Å². The molecular weight excluding hydrogens is 312 g/mol. The van der Waals surface area contributed by atoms with Gasteiger partial charge in [0.15, 0.2) is 0 Å². The van der Waals surface area contributed by atoms with E-state index in [2.05, 4.69) is 16.3 Å². The van der Waals surface area contributed by atoms with Crippen LogP contribution in [0.5, 0.6) is 0 Å². The highest BCUT2D eigenvalue weighted by molar-refractivity contribution is 6.31. The van der Waals surface area contributed by atoms with E-state index in [4.69, 9.17) is 21.4 Å². The second kappa shape index (κ2) is 7.68. The molecule has 0 spiro atoms. The van der Waals surface area contributed by atoms with Gasteiger partial charge in [0.25, 0.3) is 0 Å². The van der Waals surface area contributed by atoms with Gasteiger partial charge in [-0.05, 0) is 29.3 Å². The minimum Gasteiger partial charge on any atom is -0.392 e. The summed E-state index contributed by atoms with van der Waals surface area (Å²) in [7, 11) is 0. The second-order valence-corrected chi connectivity index (χ2v) is 6.03. The fraction of sp³-hybridized carbons (Fsp3) is 0.333. The van der Waals surface area contributed by atoms with Crippen LogP contribution >= 0.6 is 11.6 Å². The number of hydrogen-bond acceptors (Lipinski definition) is 4. The zero-order valence-electron chi connectivity index (χ0n) is 13.0. The molecule has 1 heterocycles. The zero-order chi connectivity index (χ0) is 16.1. The summed E-state index contributed by atoms with van der Waals surface area (Å²) in [6.45, 7) is 4.07. The number of aliphatic hydroxyl groups excluding tert-OH is 1. The molecule has 1 saturated heterocycles. The molecule has 3 rings (SSSR count). The highest BCUT2D eigenvalue weighted by Crippen LogP contribution is 2.30. The number of benzene rings is 2. The van der Waals surface area contributed by atoms with Crippen LogP contribution in [0, 0.1) is 0 Å². The van der Waals surface area contributed by atoms with Crippen LogP contribution in [0.2, 0.25) is 5.02 Å². The molecule has 0 bridgehead atoms. The molecule has 2 N–H and O–H groups in total. The van der Waals surface area contributed by atoms with Crippen molar-refractivity contribution in [3.8, 4) is 0 Å². The molecule has 2 aromatic rings. The first-order valence-corrected chi connectivity index (χ1v) is 8.19. The zero-order valence-corrected chi connectivity index (χ0v) is 13.7. The number of halogens is 1. The molecule has 5 heteroatoms. The van der Waals surface area contributed by atoms with Crippen LogP contribution in [0.25, 0.3) is 0 Å². The molecule has 1 aliphatic heterocycles. The van der Waals surface area contributed by atoms with Gasteiger partial charge in [-0.25, -0.2) is 0 Å². The number of nitrogens with zero attached hydrogens (tertiary/aromatic N) is 1. The van der Waals surface area contributed by atoms with Crippen molar-refractivity contribution < 1.29 is 9.84 Å². The Bertz CT molecular complexity index is 640. The van der Waals surface area contributed by atoms with E-state index in [9.17, 15) is 0 Å². The van der Waals surface area contributed by atoms with Crippen LogP contribution in [0.1, 0.15) is 11.1 Å². The van der Waals surface area contributed by atoms with Crippen LogP contribution in [0.15, 0.2) is 42.5 Å². The van der Waals surface area contributed by atoms with E-state index in [0.717, 1.165) is 53.8 Å². The average Bonchev–Trinajstić information content (AvgIpc) is 2.61. The number of nitrogens with one attached hydrogen (secondary N) is 1. The van der Waals surface area contributed by atoms with Crippen molar-refractivity contribution in [1.82, 2.24) is 0 Å². The van der Waals surface area contributed by atoms with Gasteiger partial charge in [-0.1, -0.05) is 35.9 Å². The first kappa shape index (κ1) is 16.1. The number of aliphatic hydroxyl groups is 1. The molecule has 1 aliphatic rings. The van der Waals surface area contributed by atoms with Crippen molar-refractivity contribution in [3.63, 3.8) is 0 Å². The summed E-state index contributed by atoms with van der Waals surface area (Å²) in [5.74, 6) is 0. The van der Waals surface area contributed by atoms with Crippen LogP contribution in [0.4, 0.5) is 11.4 Å². The van der Waals surface area contributed by atoms with Crippen molar-refractivity contribution in [3.05, 3.63) is 58.6 Å². The largest absolute Gasteiger partial charge is 0.392 e. The van der Waals surface area contributed by atoms with Crippen molar-refractivity contribution in [1.29, 1.82) is 0 Å². The molecule has 122 valence electrons. The topological polar surface area (TPSA) is 44.7 Å². The molecule has 1 fully saturated rings. The Labute approximate surface area is 141 Å². The highest BCUT2D eigenvalue weighted by Gasteiger charge is 2.15. The predicted octanol–water partition coefficient (Wildman–Crippen LogP) is 3.28. The van der Waals surface area contributed by atoms with Gasteiger partial charge < -0.3 is 20.1 Å². The summed E-state index contributed by atoms with van der Waals surface area (Å²) >= 11 is 6.17. The molecular formula is C18H21ClN2O2. The first-order chi connectivity index (χ1) is 11.3. The van der Waals surface area contributed by atoms with E-state index >= 15 is 0 Å². The maximum Gasteiger partial charge on any atom is 0.0681 e. The number of anilines is 2. The Balaban J connectivity index is 1.73. The van der Waals surface area contributed by atoms with E-state index in [0.29, 0.717) is 6.54 Å². The summed E-state index contributed by atoms with van der Waals surface area (Å²) in [5, 5.41) is 13.3. The van der Waals surface area contributed by atoms with E-state index in [1.165, 1.54) is 0 Å². The number of morpholine rings is 1. The molecule has 0 radical (unpaired) electrons. The summed E-state index contributed by atoms with van der Waals surface area (Å²) in [4.78, 5) is 2.32. The van der Waals surface area contributed by atoms with Crippen molar-refractivity contribution in [2.24, 2.45) is 0 Å². The monoisotopic (exact) mass is 332 g/mol. The molecule has 23 heavy (non-hydrogen) atoms. The van der Waals surface area contributed by atoms with Gasteiger partial charge in [0.2, 0.25) is 0 Å². The maximum atomic E-state index is 9.10.